The monoisotopic (exact) mass is 324 g/mol. The van der Waals surface area contributed by atoms with Gasteiger partial charge in [-0.05, 0) is 48.4 Å². The van der Waals surface area contributed by atoms with Crippen LogP contribution >= 0.6 is 0 Å². The zero-order chi connectivity index (χ0) is 17.1. The Kier molecular flexibility index (Phi) is 4.51. The van der Waals surface area contributed by atoms with Crippen molar-refractivity contribution in [2.75, 3.05) is 17.3 Å². The summed E-state index contributed by atoms with van der Waals surface area (Å²) in [6, 6.07) is 14.3. The molecule has 2 aromatic carbocycles. The molecular formula is C19H20N2O3. The summed E-state index contributed by atoms with van der Waals surface area (Å²) in [6.45, 7) is 2.09. The van der Waals surface area contributed by atoms with Crippen LogP contribution in [-0.2, 0) is 16.0 Å². The summed E-state index contributed by atoms with van der Waals surface area (Å²) in [6.07, 6.45) is 1.12. The first-order chi connectivity index (χ1) is 11.6. The van der Waals surface area contributed by atoms with Crippen LogP contribution in [0.1, 0.15) is 18.9 Å². The van der Waals surface area contributed by atoms with E-state index in [1.54, 1.807) is 31.4 Å². The number of rotatable bonds is 5. The summed E-state index contributed by atoms with van der Waals surface area (Å²) < 4.78 is 5.10. The van der Waals surface area contributed by atoms with Gasteiger partial charge in [0.25, 0.3) is 5.91 Å². The highest BCUT2D eigenvalue weighted by atomic mass is 16.5. The molecule has 5 nitrogen and oxygen atoms in total. The molecule has 124 valence electrons. The smallest absolute Gasteiger partial charge is 0.256 e. The van der Waals surface area contributed by atoms with E-state index in [9.17, 15) is 9.59 Å². The van der Waals surface area contributed by atoms with Crippen molar-refractivity contribution < 1.29 is 14.3 Å². The Bertz CT molecular complexity index is 738. The molecular weight excluding hydrogens is 304 g/mol. The van der Waals surface area contributed by atoms with Gasteiger partial charge in [-0.1, -0.05) is 19.1 Å². The highest BCUT2D eigenvalue weighted by molar-refractivity contribution is 6.23. The molecule has 5 heteroatoms. The fourth-order valence-corrected chi connectivity index (χ4v) is 2.79. The second-order valence-corrected chi connectivity index (χ2v) is 5.72. The van der Waals surface area contributed by atoms with Gasteiger partial charge in [0.15, 0.2) is 0 Å². The lowest BCUT2D eigenvalue weighted by molar-refractivity contribution is -0.121. The van der Waals surface area contributed by atoms with E-state index >= 15 is 0 Å². The molecule has 2 aromatic rings. The molecule has 0 bridgehead atoms. The zero-order valence-corrected chi connectivity index (χ0v) is 13.8. The summed E-state index contributed by atoms with van der Waals surface area (Å²) in [5.74, 6) is 0.251. The topological polar surface area (TPSA) is 58.6 Å². The van der Waals surface area contributed by atoms with Crippen molar-refractivity contribution in [3.05, 3.63) is 54.1 Å². The number of imide groups is 1. The molecule has 1 N–H and O–H groups in total. The highest BCUT2D eigenvalue weighted by Gasteiger charge is 2.39. The van der Waals surface area contributed by atoms with E-state index in [0.717, 1.165) is 12.1 Å². The molecule has 1 heterocycles. The lowest BCUT2D eigenvalue weighted by Gasteiger charge is -2.16. The third-order valence-corrected chi connectivity index (χ3v) is 4.18. The van der Waals surface area contributed by atoms with Crippen LogP contribution in [-0.4, -0.2) is 25.0 Å². The van der Waals surface area contributed by atoms with Gasteiger partial charge in [0.05, 0.1) is 19.2 Å². The summed E-state index contributed by atoms with van der Waals surface area (Å²) in [7, 11) is 1.57. The third-order valence-electron chi connectivity index (χ3n) is 4.18. The van der Waals surface area contributed by atoms with E-state index in [2.05, 4.69) is 12.2 Å². The van der Waals surface area contributed by atoms with Crippen LogP contribution in [0.3, 0.4) is 0 Å². The van der Waals surface area contributed by atoms with Gasteiger partial charge in [-0.25, -0.2) is 4.90 Å². The Balaban J connectivity index is 1.75. The van der Waals surface area contributed by atoms with E-state index in [4.69, 9.17) is 4.74 Å². The number of nitrogens with zero attached hydrogens (tertiary/aromatic N) is 1. The molecule has 24 heavy (non-hydrogen) atoms. The van der Waals surface area contributed by atoms with Gasteiger partial charge in [-0.2, -0.15) is 0 Å². The summed E-state index contributed by atoms with van der Waals surface area (Å²) >= 11 is 0. The number of benzene rings is 2. The molecule has 0 radical (unpaired) electrons. The lowest BCUT2D eigenvalue weighted by atomic mass is 10.1. The van der Waals surface area contributed by atoms with Gasteiger partial charge in [0, 0.05) is 5.69 Å². The Morgan fingerprint density at radius 3 is 2.33 bits per heavy atom. The molecule has 1 aliphatic rings. The van der Waals surface area contributed by atoms with Crippen LogP contribution in [0.15, 0.2) is 48.5 Å². The third kappa shape index (κ3) is 3.11. The minimum absolute atomic E-state index is 0.153. The van der Waals surface area contributed by atoms with E-state index in [0.29, 0.717) is 11.4 Å². The quantitative estimate of drug-likeness (QED) is 0.859. The number of hydrogen-bond acceptors (Lipinski definition) is 4. The Morgan fingerprint density at radius 1 is 1.08 bits per heavy atom. The summed E-state index contributed by atoms with van der Waals surface area (Å²) in [5.41, 5.74) is 2.64. The normalized spacial score (nSPS) is 17.2. The maximum absolute atomic E-state index is 12.6. The number of amides is 2. The molecule has 0 spiro atoms. The number of anilines is 2. The lowest BCUT2D eigenvalue weighted by Crippen LogP contribution is -2.34. The summed E-state index contributed by atoms with van der Waals surface area (Å²) in [4.78, 5) is 26.1. The first-order valence-corrected chi connectivity index (χ1v) is 7.98. The van der Waals surface area contributed by atoms with Crippen molar-refractivity contribution >= 4 is 23.2 Å². The van der Waals surface area contributed by atoms with Crippen molar-refractivity contribution in [3.8, 4) is 5.75 Å². The zero-order valence-electron chi connectivity index (χ0n) is 13.8. The first kappa shape index (κ1) is 16.1. The first-order valence-electron chi connectivity index (χ1n) is 7.98. The second-order valence-electron chi connectivity index (χ2n) is 5.72. The number of carbonyl (C=O) groups is 2. The van der Waals surface area contributed by atoms with Gasteiger partial charge in [-0.15, -0.1) is 0 Å². The molecule has 1 unspecified atom stereocenters. The van der Waals surface area contributed by atoms with Crippen molar-refractivity contribution in [3.63, 3.8) is 0 Å². The number of hydrogen-bond donors (Lipinski definition) is 1. The Hall–Kier alpha value is -2.82. The second kappa shape index (κ2) is 6.74. The van der Waals surface area contributed by atoms with Crippen LogP contribution < -0.4 is 15.0 Å². The Morgan fingerprint density at radius 2 is 1.75 bits per heavy atom. The Labute approximate surface area is 141 Å². The average molecular weight is 324 g/mol. The molecule has 3 rings (SSSR count). The summed E-state index contributed by atoms with van der Waals surface area (Å²) in [5, 5.41) is 3.16. The molecule has 0 saturated carbocycles. The number of methoxy groups -OCH3 is 1. The fourth-order valence-electron chi connectivity index (χ4n) is 2.79. The van der Waals surface area contributed by atoms with Gasteiger partial charge >= 0.3 is 0 Å². The number of nitrogens with one attached hydrogen (secondary N) is 1. The molecule has 0 aromatic heterocycles. The van der Waals surface area contributed by atoms with E-state index in [1.807, 2.05) is 24.3 Å². The molecule has 2 amide bonds. The standard InChI is InChI=1S/C19H20N2O3/c1-3-13-4-6-14(7-5-13)20-17-12-18(22)21(19(17)23)15-8-10-16(24-2)11-9-15/h4-11,17,20H,3,12H2,1-2H3. The SMILES string of the molecule is CCc1ccc(NC2CC(=O)N(c3ccc(OC)cc3)C2=O)cc1. The number of aryl methyl sites for hydroxylation is 1. The van der Waals surface area contributed by atoms with Crippen LogP contribution in [0.2, 0.25) is 0 Å². The van der Waals surface area contributed by atoms with Crippen LogP contribution in [0, 0.1) is 0 Å². The molecule has 1 saturated heterocycles. The largest absolute Gasteiger partial charge is 0.497 e. The molecule has 1 fully saturated rings. The van der Waals surface area contributed by atoms with Gasteiger partial charge in [-0.3, -0.25) is 9.59 Å². The van der Waals surface area contributed by atoms with Crippen LogP contribution in [0.4, 0.5) is 11.4 Å². The van der Waals surface area contributed by atoms with Crippen molar-refractivity contribution in [2.45, 2.75) is 25.8 Å². The van der Waals surface area contributed by atoms with Gasteiger partial charge in [0.2, 0.25) is 5.91 Å². The fraction of sp³-hybridized carbons (Fsp3) is 0.263. The predicted octanol–water partition coefficient (Wildman–Crippen LogP) is 3.00. The van der Waals surface area contributed by atoms with E-state index in [1.165, 1.54) is 10.5 Å². The predicted molar refractivity (Wildman–Crippen MR) is 93.3 cm³/mol. The highest BCUT2D eigenvalue weighted by Crippen LogP contribution is 2.26. The van der Waals surface area contributed by atoms with Gasteiger partial charge in [0.1, 0.15) is 11.8 Å². The van der Waals surface area contributed by atoms with Crippen molar-refractivity contribution in [1.82, 2.24) is 0 Å². The molecule has 1 atom stereocenters. The van der Waals surface area contributed by atoms with Gasteiger partial charge < -0.3 is 10.1 Å². The van der Waals surface area contributed by atoms with Crippen LogP contribution in [0.25, 0.3) is 0 Å². The van der Waals surface area contributed by atoms with Crippen molar-refractivity contribution in [2.24, 2.45) is 0 Å². The minimum Gasteiger partial charge on any atom is -0.497 e. The maximum atomic E-state index is 12.6. The van der Waals surface area contributed by atoms with E-state index in [-0.39, 0.29) is 18.2 Å². The minimum atomic E-state index is -0.535. The molecule has 0 aliphatic carbocycles. The van der Waals surface area contributed by atoms with Crippen molar-refractivity contribution in [1.29, 1.82) is 0 Å². The van der Waals surface area contributed by atoms with Crippen LogP contribution in [0.5, 0.6) is 5.75 Å². The number of ether oxygens (including phenoxy) is 1. The number of carbonyl (C=O) groups excluding carboxylic acids is 2. The maximum Gasteiger partial charge on any atom is 0.256 e. The molecule has 1 aliphatic heterocycles. The average Bonchev–Trinajstić information content (AvgIpc) is 2.89. The van der Waals surface area contributed by atoms with E-state index < -0.39 is 6.04 Å².